The first kappa shape index (κ1) is 11.3. The Morgan fingerprint density at radius 2 is 1.80 bits per heavy atom. The molecule has 0 aliphatic rings. The van der Waals surface area contributed by atoms with E-state index >= 15 is 0 Å². The van der Waals surface area contributed by atoms with E-state index in [2.05, 4.69) is 11.8 Å². The topological polar surface area (TPSA) is 20.3 Å². The normalized spacial score (nSPS) is 14.2. The second-order valence-electron chi connectivity index (χ2n) is 1.36. The van der Waals surface area contributed by atoms with Gasteiger partial charge in [-0.3, -0.25) is 0 Å². The fourth-order valence-corrected chi connectivity index (χ4v) is 3.27. The van der Waals surface area contributed by atoms with Crippen molar-refractivity contribution in [3.05, 3.63) is 0 Å². The number of hydrogen-bond acceptors (Lipinski definition) is 2. The zero-order valence-electron chi connectivity index (χ0n) is 4.67. The maximum absolute atomic E-state index is 11.9. The van der Waals surface area contributed by atoms with Gasteiger partial charge in [0, 0.05) is 7.05 Å². The summed E-state index contributed by atoms with van der Waals surface area (Å²) in [6.45, 7) is 0. The van der Waals surface area contributed by atoms with Gasteiger partial charge in [-0.2, -0.15) is 0 Å². The van der Waals surface area contributed by atoms with Gasteiger partial charge in [-0.05, 0) is 11.8 Å². The van der Waals surface area contributed by atoms with Crippen LogP contribution in [0, 0.1) is 0 Å². The molecule has 2 nitrogen and oxygen atoms in total. The zero-order chi connectivity index (χ0) is 8.58. The van der Waals surface area contributed by atoms with Crippen molar-refractivity contribution in [2.24, 2.45) is 0 Å². The molecule has 10 heavy (non-hydrogen) atoms. The number of halogens is 4. The van der Waals surface area contributed by atoms with Gasteiger partial charge in [-0.15, -0.1) is 12.8 Å². The van der Waals surface area contributed by atoms with Crippen molar-refractivity contribution >= 4 is 47.1 Å². The van der Waals surface area contributed by atoms with Gasteiger partial charge >= 0.3 is 7.91 Å². The molecule has 0 aromatic carbocycles. The fourth-order valence-electron chi connectivity index (χ4n) is 0.121. The third-order valence-electron chi connectivity index (χ3n) is 0.674. The van der Waals surface area contributed by atoms with E-state index in [4.69, 9.17) is 22.5 Å². The van der Waals surface area contributed by atoms with E-state index in [0.717, 1.165) is 7.05 Å². The molecule has 0 bridgehead atoms. The first-order valence-electron chi connectivity index (χ1n) is 1.89. The van der Waals surface area contributed by atoms with Gasteiger partial charge in [0.25, 0.3) is 0 Å². The van der Waals surface area contributed by atoms with Gasteiger partial charge in [0.05, 0.1) is 0 Å². The lowest BCUT2D eigenvalue weighted by molar-refractivity contribution is 0.455. The molecular formula is CH3Cl2F2NOP2S. The number of hydrogen-bond donors (Lipinski definition) is 0. The molecule has 0 radical (unpaired) electrons. The van der Waals surface area contributed by atoms with E-state index in [1.54, 1.807) is 0 Å². The van der Waals surface area contributed by atoms with E-state index < -0.39 is 12.8 Å². The molecule has 62 valence electrons. The fraction of sp³-hybridized carbons (Fsp3) is 1.00. The van der Waals surface area contributed by atoms with Crippen LogP contribution < -0.4 is 0 Å². The van der Waals surface area contributed by atoms with Gasteiger partial charge in [-0.25, -0.2) is 4.57 Å². The summed E-state index contributed by atoms with van der Waals surface area (Å²) in [4.78, 5) is -3.28. The standard InChI is InChI=1S/CH3Cl2F2NOP2S/c1-6(8(2,3)10)9(4,5)7/h1H3. The third kappa shape index (κ3) is 3.61. The second-order valence-corrected chi connectivity index (χ2v) is 10.9. The summed E-state index contributed by atoms with van der Waals surface area (Å²) in [6.07, 6.45) is 0. The summed E-state index contributed by atoms with van der Waals surface area (Å²) < 4.78 is 33.8. The lowest BCUT2D eigenvalue weighted by atomic mass is 11.6. The van der Waals surface area contributed by atoms with Gasteiger partial charge in [0.1, 0.15) is 0 Å². The van der Waals surface area contributed by atoms with Gasteiger partial charge in [0.15, 0.2) is 4.89 Å². The van der Waals surface area contributed by atoms with Crippen LogP contribution in [0.4, 0.5) is 8.39 Å². The number of nitrogens with zero attached hydrogens (tertiary/aromatic N) is 1. The van der Waals surface area contributed by atoms with Crippen molar-refractivity contribution in [2.45, 2.75) is 0 Å². The molecule has 0 spiro atoms. The SMILES string of the molecule is CN(P(=O)(F)F)P(=S)(Cl)Cl. The lowest BCUT2D eigenvalue weighted by Crippen LogP contribution is -1.99. The van der Waals surface area contributed by atoms with Crippen molar-refractivity contribution in [3.63, 3.8) is 0 Å². The summed E-state index contributed by atoms with van der Waals surface area (Å²) in [5, 5.41) is 0. The highest BCUT2D eigenvalue weighted by molar-refractivity contribution is 8.39. The van der Waals surface area contributed by atoms with Gasteiger partial charge in [-0.1, -0.05) is 22.5 Å². The molecule has 0 aliphatic carbocycles. The average molecular weight is 248 g/mol. The van der Waals surface area contributed by atoms with Crippen molar-refractivity contribution in [2.75, 3.05) is 7.05 Å². The molecule has 0 atom stereocenters. The maximum Gasteiger partial charge on any atom is 0.488 e. The van der Waals surface area contributed by atoms with Crippen LogP contribution in [0.1, 0.15) is 0 Å². The van der Waals surface area contributed by atoms with Crippen molar-refractivity contribution in [1.29, 1.82) is 0 Å². The maximum atomic E-state index is 11.9. The van der Waals surface area contributed by atoms with Crippen LogP contribution in [0.25, 0.3) is 0 Å². The minimum absolute atomic E-state index is 0.0540. The Morgan fingerprint density at radius 3 is 1.80 bits per heavy atom. The van der Waals surface area contributed by atoms with Crippen LogP contribution in [0.5, 0.6) is 0 Å². The molecule has 0 aromatic rings. The molecular weight excluding hydrogens is 245 g/mol. The highest BCUT2D eigenvalue weighted by Crippen LogP contribution is 2.72. The Kier molecular flexibility index (Phi) is 3.77. The van der Waals surface area contributed by atoms with E-state index in [9.17, 15) is 13.0 Å². The monoisotopic (exact) mass is 247 g/mol. The number of rotatable bonds is 2. The lowest BCUT2D eigenvalue weighted by Gasteiger charge is -2.17. The molecule has 0 N–H and O–H groups in total. The molecule has 0 aliphatic heterocycles. The minimum atomic E-state index is -5.36. The van der Waals surface area contributed by atoms with Crippen LogP contribution >= 0.6 is 35.3 Å². The highest BCUT2D eigenvalue weighted by atomic mass is 35.9. The van der Waals surface area contributed by atoms with Crippen LogP contribution in [-0.4, -0.2) is 11.5 Å². The Hall–Kier alpha value is 1.28. The van der Waals surface area contributed by atoms with E-state index in [1.807, 2.05) is 0 Å². The smallest absolute Gasteiger partial charge is 0.231 e. The van der Waals surface area contributed by atoms with Crippen LogP contribution in [0.15, 0.2) is 0 Å². The largest absolute Gasteiger partial charge is 0.488 e. The van der Waals surface area contributed by atoms with Crippen molar-refractivity contribution in [1.82, 2.24) is 4.44 Å². The van der Waals surface area contributed by atoms with Crippen molar-refractivity contribution < 1.29 is 13.0 Å². The van der Waals surface area contributed by atoms with Gasteiger partial charge in [0.2, 0.25) is 0 Å². The zero-order valence-corrected chi connectivity index (χ0v) is 8.79. The molecule has 0 amide bonds. The van der Waals surface area contributed by atoms with E-state index in [-0.39, 0.29) is 4.44 Å². The highest BCUT2D eigenvalue weighted by Gasteiger charge is 2.35. The molecule has 0 saturated carbocycles. The molecule has 0 unspecified atom stereocenters. The third-order valence-corrected chi connectivity index (χ3v) is 6.54. The average Bonchev–Trinajstić information content (AvgIpc) is 1.59. The van der Waals surface area contributed by atoms with Crippen molar-refractivity contribution in [3.8, 4) is 0 Å². The van der Waals surface area contributed by atoms with Crippen LogP contribution in [-0.2, 0) is 16.4 Å². The second kappa shape index (κ2) is 3.34. The summed E-state index contributed by atoms with van der Waals surface area (Å²) in [5.74, 6) is 0. The summed E-state index contributed by atoms with van der Waals surface area (Å²) in [5.41, 5.74) is 0. The summed E-state index contributed by atoms with van der Waals surface area (Å²) in [7, 11) is -4.53. The summed E-state index contributed by atoms with van der Waals surface area (Å²) >= 11 is 14.5. The Labute approximate surface area is 71.8 Å². The molecule has 0 saturated heterocycles. The Morgan fingerprint density at radius 1 is 1.50 bits per heavy atom. The molecule has 0 aromatic heterocycles. The molecule has 0 rings (SSSR count). The van der Waals surface area contributed by atoms with Crippen LogP contribution in [0.2, 0.25) is 0 Å². The Balaban J connectivity index is 4.56. The minimum Gasteiger partial charge on any atom is -0.231 e. The predicted octanol–water partition coefficient (Wildman–Crippen LogP) is 3.67. The molecule has 0 heterocycles. The quantitative estimate of drug-likeness (QED) is 0.695. The first-order chi connectivity index (χ1) is 4.15. The Bertz CT molecular complexity index is 189. The van der Waals surface area contributed by atoms with E-state index in [1.165, 1.54) is 0 Å². The molecule has 0 fully saturated rings. The van der Waals surface area contributed by atoms with Gasteiger partial charge < -0.3 is 0 Å². The van der Waals surface area contributed by atoms with Crippen LogP contribution in [0.3, 0.4) is 0 Å². The molecule has 9 heteroatoms. The first-order valence-corrected chi connectivity index (χ1v) is 7.89. The predicted molar refractivity (Wildman–Crippen MR) is 43.6 cm³/mol. The summed E-state index contributed by atoms with van der Waals surface area (Å²) in [6, 6.07) is 0. The van der Waals surface area contributed by atoms with E-state index in [0.29, 0.717) is 0 Å².